The largest absolute Gasteiger partial charge is 0.313 e. The van der Waals surface area contributed by atoms with E-state index in [1.165, 1.54) is 12.6 Å². The van der Waals surface area contributed by atoms with E-state index in [4.69, 9.17) is 0 Å². The highest BCUT2D eigenvalue weighted by atomic mass is 19.1. The van der Waals surface area contributed by atoms with Gasteiger partial charge < -0.3 is 5.32 Å². The molecule has 0 fully saturated rings. The third kappa shape index (κ3) is 4.65. The zero-order chi connectivity index (χ0) is 11.1. The van der Waals surface area contributed by atoms with Crippen LogP contribution in [0.2, 0.25) is 0 Å². The maximum atomic E-state index is 12.4. The van der Waals surface area contributed by atoms with Crippen LogP contribution >= 0.6 is 0 Å². The molecular weight excluding hydrogens is 193 g/mol. The minimum Gasteiger partial charge on any atom is -0.313 e. The standard InChI is InChI=1S/C6H7FN2.C5H9N/c1-4-6(7)3-8-5(2)9-4;1-2-4-6-5-3-1/h3H,1-2H3;1-2,6H,3-5H2. The van der Waals surface area contributed by atoms with Crippen LogP contribution in [-0.2, 0) is 0 Å². The smallest absolute Gasteiger partial charge is 0.162 e. The molecule has 0 saturated heterocycles. The van der Waals surface area contributed by atoms with Gasteiger partial charge in [0.25, 0.3) is 0 Å². The first-order valence-corrected chi connectivity index (χ1v) is 5.01. The van der Waals surface area contributed by atoms with Crippen LogP contribution in [0.3, 0.4) is 0 Å². The first kappa shape index (κ1) is 11.8. The number of nitrogens with zero attached hydrogens (tertiary/aromatic N) is 2. The van der Waals surface area contributed by atoms with Crippen LogP contribution in [-0.4, -0.2) is 23.1 Å². The van der Waals surface area contributed by atoms with Gasteiger partial charge in [0.2, 0.25) is 0 Å². The van der Waals surface area contributed by atoms with E-state index in [9.17, 15) is 4.39 Å². The maximum Gasteiger partial charge on any atom is 0.162 e. The Morgan fingerprint density at radius 3 is 2.47 bits per heavy atom. The Morgan fingerprint density at radius 1 is 1.33 bits per heavy atom. The molecule has 2 rings (SSSR count). The van der Waals surface area contributed by atoms with E-state index < -0.39 is 0 Å². The molecule has 15 heavy (non-hydrogen) atoms. The van der Waals surface area contributed by atoms with Crippen LogP contribution in [0.15, 0.2) is 18.3 Å². The topological polar surface area (TPSA) is 37.8 Å². The van der Waals surface area contributed by atoms with Gasteiger partial charge in [0.15, 0.2) is 5.82 Å². The zero-order valence-corrected chi connectivity index (χ0v) is 9.13. The van der Waals surface area contributed by atoms with Crippen molar-refractivity contribution in [1.29, 1.82) is 0 Å². The summed E-state index contributed by atoms with van der Waals surface area (Å²) >= 11 is 0. The van der Waals surface area contributed by atoms with E-state index in [1.54, 1.807) is 13.8 Å². The fourth-order valence-corrected chi connectivity index (χ4v) is 1.14. The van der Waals surface area contributed by atoms with Crippen molar-refractivity contribution in [2.24, 2.45) is 0 Å². The van der Waals surface area contributed by atoms with Gasteiger partial charge in [0.05, 0.1) is 11.9 Å². The summed E-state index contributed by atoms with van der Waals surface area (Å²) < 4.78 is 12.4. The molecule has 0 amide bonds. The molecule has 2 heterocycles. The highest BCUT2D eigenvalue weighted by Crippen LogP contribution is 1.98. The summed E-state index contributed by atoms with van der Waals surface area (Å²) in [5, 5.41) is 3.20. The highest BCUT2D eigenvalue weighted by molar-refractivity contribution is 5.01. The lowest BCUT2D eigenvalue weighted by atomic mass is 10.3. The number of nitrogens with one attached hydrogen (secondary N) is 1. The summed E-state index contributed by atoms with van der Waals surface area (Å²) in [5.74, 6) is 0.259. The maximum absolute atomic E-state index is 12.4. The Morgan fingerprint density at radius 2 is 2.13 bits per heavy atom. The second-order valence-corrected chi connectivity index (χ2v) is 3.31. The van der Waals surface area contributed by atoms with Gasteiger partial charge in [0.1, 0.15) is 5.82 Å². The first-order chi connectivity index (χ1) is 7.20. The number of aromatic nitrogens is 2. The molecular formula is C11H16FN3. The second kappa shape index (κ2) is 6.24. The Kier molecular flexibility index (Phi) is 4.90. The molecule has 1 aliphatic rings. The number of rotatable bonds is 0. The van der Waals surface area contributed by atoms with Crippen molar-refractivity contribution in [2.75, 3.05) is 13.1 Å². The van der Waals surface area contributed by atoms with Gasteiger partial charge in [-0.2, -0.15) is 0 Å². The quantitative estimate of drug-likeness (QED) is 0.662. The van der Waals surface area contributed by atoms with Crippen LogP contribution < -0.4 is 5.32 Å². The van der Waals surface area contributed by atoms with Crippen LogP contribution in [0.5, 0.6) is 0 Å². The van der Waals surface area contributed by atoms with E-state index in [1.807, 2.05) is 0 Å². The summed E-state index contributed by atoms with van der Waals surface area (Å²) in [7, 11) is 0. The fraction of sp³-hybridized carbons (Fsp3) is 0.455. The lowest BCUT2D eigenvalue weighted by Gasteiger charge is -2.01. The van der Waals surface area contributed by atoms with Crippen molar-refractivity contribution < 1.29 is 4.39 Å². The Balaban J connectivity index is 0.000000162. The molecule has 0 radical (unpaired) electrons. The highest BCUT2D eigenvalue weighted by Gasteiger charge is 1.96. The van der Waals surface area contributed by atoms with Crippen molar-refractivity contribution in [2.45, 2.75) is 20.3 Å². The van der Waals surface area contributed by atoms with Crippen molar-refractivity contribution in [1.82, 2.24) is 15.3 Å². The summed E-state index contributed by atoms with van der Waals surface area (Å²) in [5.41, 5.74) is 0.405. The molecule has 1 aliphatic heterocycles. The van der Waals surface area contributed by atoms with Crippen molar-refractivity contribution in [3.8, 4) is 0 Å². The second-order valence-electron chi connectivity index (χ2n) is 3.31. The van der Waals surface area contributed by atoms with E-state index in [0.29, 0.717) is 11.5 Å². The molecule has 1 N–H and O–H groups in total. The monoisotopic (exact) mass is 209 g/mol. The normalized spacial score (nSPS) is 14.3. The average Bonchev–Trinajstić information content (AvgIpc) is 2.27. The minimum atomic E-state index is -0.347. The van der Waals surface area contributed by atoms with Gasteiger partial charge in [0, 0.05) is 6.54 Å². The molecule has 3 nitrogen and oxygen atoms in total. The summed E-state index contributed by atoms with van der Waals surface area (Å²) in [6.07, 6.45) is 6.75. The Labute approximate surface area is 89.5 Å². The number of hydrogen-bond acceptors (Lipinski definition) is 3. The zero-order valence-electron chi connectivity index (χ0n) is 9.13. The molecule has 0 aliphatic carbocycles. The molecule has 0 bridgehead atoms. The van der Waals surface area contributed by atoms with Crippen molar-refractivity contribution in [3.05, 3.63) is 35.7 Å². The van der Waals surface area contributed by atoms with E-state index in [0.717, 1.165) is 13.1 Å². The minimum absolute atomic E-state index is 0.347. The molecule has 0 unspecified atom stereocenters. The first-order valence-electron chi connectivity index (χ1n) is 5.01. The Bertz CT molecular complexity index is 329. The molecule has 1 aromatic heterocycles. The van der Waals surface area contributed by atoms with Crippen molar-refractivity contribution in [3.63, 3.8) is 0 Å². The molecule has 82 valence electrons. The van der Waals surface area contributed by atoms with Crippen LogP contribution in [0.25, 0.3) is 0 Å². The van der Waals surface area contributed by atoms with Crippen LogP contribution in [0, 0.1) is 19.7 Å². The average molecular weight is 209 g/mol. The lowest BCUT2D eigenvalue weighted by molar-refractivity contribution is 0.598. The molecule has 0 aromatic carbocycles. The predicted octanol–water partition coefficient (Wildman–Crippen LogP) is 1.77. The van der Waals surface area contributed by atoms with Gasteiger partial charge in [-0.3, -0.25) is 0 Å². The summed E-state index contributed by atoms with van der Waals surface area (Å²) in [6, 6.07) is 0. The van der Waals surface area contributed by atoms with Gasteiger partial charge in [-0.05, 0) is 26.8 Å². The fourth-order valence-electron chi connectivity index (χ4n) is 1.14. The summed E-state index contributed by atoms with van der Waals surface area (Å²) in [6.45, 7) is 5.58. The molecule has 0 spiro atoms. The summed E-state index contributed by atoms with van der Waals surface area (Å²) in [4.78, 5) is 7.44. The SMILES string of the molecule is C1=CCNCC1.Cc1ncc(F)c(C)n1. The van der Waals surface area contributed by atoms with Gasteiger partial charge in [-0.15, -0.1) is 0 Å². The number of hydrogen-bond donors (Lipinski definition) is 1. The van der Waals surface area contributed by atoms with E-state index in [-0.39, 0.29) is 5.82 Å². The molecule has 0 saturated carbocycles. The van der Waals surface area contributed by atoms with Gasteiger partial charge in [-0.1, -0.05) is 12.2 Å². The van der Waals surface area contributed by atoms with E-state index in [2.05, 4.69) is 27.4 Å². The Hall–Kier alpha value is -1.29. The van der Waals surface area contributed by atoms with Gasteiger partial charge >= 0.3 is 0 Å². The van der Waals surface area contributed by atoms with Gasteiger partial charge in [-0.25, -0.2) is 14.4 Å². The third-order valence-corrected chi connectivity index (χ3v) is 1.96. The van der Waals surface area contributed by atoms with Crippen LogP contribution in [0.1, 0.15) is 17.9 Å². The predicted molar refractivity (Wildman–Crippen MR) is 58.1 cm³/mol. The number of aryl methyl sites for hydroxylation is 2. The molecule has 1 aromatic rings. The molecule has 0 atom stereocenters. The third-order valence-electron chi connectivity index (χ3n) is 1.96. The lowest BCUT2D eigenvalue weighted by Crippen LogP contribution is -2.17. The van der Waals surface area contributed by atoms with E-state index >= 15 is 0 Å². The van der Waals surface area contributed by atoms with Crippen molar-refractivity contribution >= 4 is 0 Å². The number of halogens is 1. The van der Waals surface area contributed by atoms with Crippen LogP contribution in [0.4, 0.5) is 4.39 Å². The molecule has 4 heteroatoms.